The zero-order chi connectivity index (χ0) is 21.4. The summed E-state index contributed by atoms with van der Waals surface area (Å²) in [5.41, 5.74) is 7.08. The van der Waals surface area contributed by atoms with Crippen LogP contribution in [0.15, 0.2) is 30.7 Å². The summed E-state index contributed by atoms with van der Waals surface area (Å²) in [4.78, 5) is 17.7. The molecule has 0 saturated carbocycles. The number of halogens is 1. The van der Waals surface area contributed by atoms with E-state index < -0.39 is 20.2 Å². The number of carbonyl (C=O) groups excluding carboxylic acids is 1. The van der Waals surface area contributed by atoms with E-state index in [9.17, 15) is 9.18 Å². The van der Waals surface area contributed by atoms with Gasteiger partial charge < -0.3 is 19.5 Å². The molecular formula is C20H29FN4O3Si. The Balaban J connectivity index is 1.73. The Morgan fingerprint density at radius 1 is 1.38 bits per heavy atom. The molecule has 2 heterocycles. The number of amides is 1. The summed E-state index contributed by atoms with van der Waals surface area (Å²) in [6.07, 6.45) is 2.44. The maximum atomic E-state index is 14.8. The van der Waals surface area contributed by atoms with Crippen LogP contribution in [-0.2, 0) is 15.8 Å². The van der Waals surface area contributed by atoms with Gasteiger partial charge in [0.1, 0.15) is 11.9 Å². The second kappa shape index (κ2) is 7.89. The van der Waals surface area contributed by atoms with E-state index >= 15 is 0 Å². The maximum absolute atomic E-state index is 14.8. The van der Waals surface area contributed by atoms with E-state index in [1.165, 1.54) is 11.0 Å². The number of carbonyl (C=O) groups is 1. The van der Waals surface area contributed by atoms with Crippen LogP contribution >= 0.6 is 0 Å². The van der Waals surface area contributed by atoms with Gasteiger partial charge in [0.05, 0.1) is 36.5 Å². The lowest BCUT2D eigenvalue weighted by Crippen LogP contribution is -2.40. The average molecular weight is 421 g/mol. The quantitative estimate of drug-likeness (QED) is 0.719. The SMILES string of the molecule is CC(C)(C)[Si](C)(C)OCc1cn(-c2ccc(N3C[C@H](CN)OC3=O)cc2F)cn1. The van der Waals surface area contributed by atoms with Crippen molar-refractivity contribution in [3.63, 3.8) is 0 Å². The van der Waals surface area contributed by atoms with Gasteiger partial charge >= 0.3 is 6.09 Å². The Bertz CT molecular complexity index is 894. The lowest BCUT2D eigenvalue weighted by molar-refractivity contribution is 0.145. The molecule has 0 spiro atoms. The summed E-state index contributed by atoms with van der Waals surface area (Å²) >= 11 is 0. The van der Waals surface area contributed by atoms with E-state index in [-0.39, 0.29) is 17.7 Å². The molecule has 9 heteroatoms. The molecule has 1 aromatic carbocycles. The molecule has 158 valence electrons. The maximum Gasteiger partial charge on any atom is 0.414 e. The van der Waals surface area contributed by atoms with Gasteiger partial charge in [0.25, 0.3) is 0 Å². The van der Waals surface area contributed by atoms with E-state index in [1.807, 2.05) is 0 Å². The molecule has 0 unspecified atom stereocenters. The summed E-state index contributed by atoms with van der Waals surface area (Å²) in [5, 5.41) is 0.108. The largest absolute Gasteiger partial charge is 0.443 e. The van der Waals surface area contributed by atoms with Crippen molar-refractivity contribution in [3.05, 3.63) is 42.2 Å². The van der Waals surface area contributed by atoms with Crippen LogP contribution in [0.3, 0.4) is 0 Å². The van der Waals surface area contributed by atoms with Crippen molar-refractivity contribution in [2.24, 2.45) is 5.73 Å². The van der Waals surface area contributed by atoms with E-state index in [4.69, 9.17) is 14.9 Å². The number of cyclic esters (lactones) is 1. The molecule has 2 aromatic rings. The minimum atomic E-state index is -1.89. The Kier molecular flexibility index (Phi) is 5.84. The van der Waals surface area contributed by atoms with Gasteiger partial charge in [-0.2, -0.15) is 0 Å². The van der Waals surface area contributed by atoms with Gasteiger partial charge in [-0.05, 0) is 36.3 Å². The van der Waals surface area contributed by atoms with Crippen molar-refractivity contribution < 1.29 is 18.3 Å². The Morgan fingerprint density at radius 3 is 2.69 bits per heavy atom. The van der Waals surface area contributed by atoms with Crippen LogP contribution in [-0.4, -0.2) is 43.2 Å². The molecule has 1 amide bonds. The van der Waals surface area contributed by atoms with Crippen molar-refractivity contribution in [3.8, 4) is 5.69 Å². The molecule has 0 aliphatic carbocycles. The highest BCUT2D eigenvalue weighted by Gasteiger charge is 2.37. The number of nitrogens with two attached hydrogens (primary N) is 1. The lowest BCUT2D eigenvalue weighted by Gasteiger charge is -2.35. The zero-order valence-corrected chi connectivity index (χ0v) is 18.6. The van der Waals surface area contributed by atoms with Crippen LogP contribution in [0, 0.1) is 5.82 Å². The fourth-order valence-electron chi connectivity index (χ4n) is 2.77. The molecule has 2 N–H and O–H groups in total. The molecule has 0 radical (unpaired) electrons. The average Bonchev–Trinajstić information content (AvgIpc) is 3.25. The van der Waals surface area contributed by atoms with Crippen molar-refractivity contribution in [2.75, 3.05) is 18.0 Å². The van der Waals surface area contributed by atoms with Gasteiger partial charge in [-0.15, -0.1) is 0 Å². The minimum absolute atomic E-state index is 0.108. The second-order valence-electron chi connectivity index (χ2n) is 8.81. The topological polar surface area (TPSA) is 82.6 Å². The normalized spacial score (nSPS) is 17.7. The standard InChI is InChI=1S/C20H29FN4O3Si/c1-20(2,3)29(4,5)27-12-14-10-24(13-23-14)18-7-6-15(8-17(18)21)25-11-16(9-22)28-19(25)26/h6-8,10,13,16H,9,11-12,22H2,1-5H3/t16-/m0/s1. The van der Waals surface area contributed by atoms with E-state index in [0.717, 1.165) is 5.69 Å². The Morgan fingerprint density at radius 2 is 2.10 bits per heavy atom. The zero-order valence-electron chi connectivity index (χ0n) is 17.6. The van der Waals surface area contributed by atoms with Crippen LogP contribution in [0.25, 0.3) is 5.69 Å². The van der Waals surface area contributed by atoms with Gasteiger partial charge in [-0.3, -0.25) is 4.90 Å². The predicted molar refractivity (Wildman–Crippen MR) is 112 cm³/mol. The molecule has 1 atom stereocenters. The number of ether oxygens (including phenoxy) is 1. The highest BCUT2D eigenvalue weighted by Crippen LogP contribution is 2.37. The molecule has 1 aromatic heterocycles. The van der Waals surface area contributed by atoms with Gasteiger partial charge in [-0.25, -0.2) is 14.2 Å². The number of hydrogen-bond donors (Lipinski definition) is 1. The number of nitrogens with zero attached hydrogens (tertiary/aromatic N) is 3. The van der Waals surface area contributed by atoms with Gasteiger partial charge in [0.2, 0.25) is 0 Å². The molecule has 7 nitrogen and oxygen atoms in total. The third-order valence-electron chi connectivity index (χ3n) is 5.68. The first-order valence-electron chi connectivity index (χ1n) is 9.67. The van der Waals surface area contributed by atoms with Crippen molar-refractivity contribution in [2.45, 2.75) is 51.6 Å². The smallest absolute Gasteiger partial charge is 0.414 e. The minimum Gasteiger partial charge on any atom is -0.443 e. The monoisotopic (exact) mass is 420 g/mol. The second-order valence-corrected chi connectivity index (χ2v) is 13.6. The highest BCUT2D eigenvalue weighted by atomic mass is 28.4. The summed E-state index contributed by atoms with van der Waals surface area (Å²) in [6.45, 7) is 11.8. The van der Waals surface area contributed by atoms with Crippen LogP contribution < -0.4 is 10.6 Å². The Labute approximate surface area is 171 Å². The number of imidazole rings is 1. The van der Waals surface area contributed by atoms with Crippen LogP contribution in [0.5, 0.6) is 0 Å². The number of hydrogen-bond acceptors (Lipinski definition) is 5. The number of aromatic nitrogens is 2. The van der Waals surface area contributed by atoms with Crippen molar-refractivity contribution >= 4 is 20.1 Å². The third kappa shape index (κ3) is 4.52. The first-order chi connectivity index (χ1) is 13.5. The number of anilines is 1. The highest BCUT2D eigenvalue weighted by molar-refractivity contribution is 6.74. The third-order valence-corrected chi connectivity index (χ3v) is 10.2. The van der Waals surface area contributed by atoms with Gasteiger partial charge in [0.15, 0.2) is 8.32 Å². The molecule has 1 fully saturated rings. The lowest BCUT2D eigenvalue weighted by atomic mass is 10.2. The van der Waals surface area contributed by atoms with Crippen molar-refractivity contribution in [1.82, 2.24) is 9.55 Å². The fourth-order valence-corrected chi connectivity index (χ4v) is 3.71. The molecule has 1 aliphatic heterocycles. The summed E-state index contributed by atoms with van der Waals surface area (Å²) in [5.74, 6) is -0.458. The van der Waals surface area contributed by atoms with Gasteiger partial charge in [-0.1, -0.05) is 20.8 Å². The predicted octanol–water partition coefficient (Wildman–Crippen LogP) is 3.82. The van der Waals surface area contributed by atoms with E-state index in [2.05, 4.69) is 38.8 Å². The summed E-state index contributed by atoms with van der Waals surface area (Å²) < 4.78 is 27.7. The molecule has 1 aliphatic rings. The van der Waals surface area contributed by atoms with Crippen molar-refractivity contribution in [1.29, 1.82) is 0 Å². The first kappa shape index (κ1) is 21.5. The van der Waals surface area contributed by atoms with Crippen LogP contribution in [0.1, 0.15) is 26.5 Å². The van der Waals surface area contributed by atoms with Crippen LogP contribution in [0.4, 0.5) is 14.9 Å². The molecule has 29 heavy (non-hydrogen) atoms. The van der Waals surface area contributed by atoms with E-state index in [1.54, 1.807) is 29.2 Å². The number of rotatable bonds is 6. The number of benzene rings is 1. The molecule has 1 saturated heterocycles. The molecule has 0 bridgehead atoms. The summed E-state index contributed by atoms with van der Waals surface area (Å²) in [7, 11) is -1.89. The van der Waals surface area contributed by atoms with Crippen LogP contribution in [0.2, 0.25) is 18.1 Å². The fraction of sp³-hybridized carbons (Fsp3) is 0.500. The van der Waals surface area contributed by atoms with Gasteiger partial charge in [0, 0.05) is 12.7 Å². The molecular weight excluding hydrogens is 391 g/mol. The van der Waals surface area contributed by atoms with E-state index in [0.29, 0.717) is 24.5 Å². The first-order valence-corrected chi connectivity index (χ1v) is 12.6. The molecule has 3 rings (SSSR count). The Hall–Kier alpha value is -2.23. The summed E-state index contributed by atoms with van der Waals surface area (Å²) in [6, 6.07) is 4.62.